The van der Waals surface area contributed by atoms with Crippen molar-refractivity contribution in [2.24, 2.45) is 11.1 Å². The van der Waals surface area contributed by atoms with Crippen molar-refractivity contribution in [2.75, 3.05) is 19.8 Å². The topological polar surface area (TPSA) is 73.4 Å². The molecule has 6 nitrogen and oxygen atoms in total. The van der Waals surface area contributed by atoms with Gasteiger partial charge in [0.25, 0.3) is 0 Å². The van der Waals surface area contributed by atoms with Crippen LogP contribution in [0.1, 0.15) is 51.1 Å². The van der Waals surface area contributed by atoms with Gasteiger partial charge in [0.05, 0.1) is 12.2 Å². The van der Waals surface area contributed by atoms with Crippen molar-refractivity contribution in [2.45, 2.75) is 58.2 Å². The maximum Gasteiger partial charge on any atom is 0.235 e. The van der Waals surface area contributed by atoms with Crippen molar-refractivity contribution in [3.8, 4) is 0 Å². The summed E-state index contributed by atoms with van der Waals surface area (Å²) in [5.74, 6) is -0.192. The van der Waals surface area contributed by atoms with Crippen molar-refractivity contribution in [1.29, 1.82) is 0 Å². The molecule has 2 fully saturated rings. The number of piperidine rings is 1. The molecule has 0 radical (unpaired) electrons. The zero-order chi connectivity index (χ0) is 16.4. The molecule has 2 aliphatic heterocycles. The highest BCUT2D eigenvalue weighted by Crippen LogP contribution is 2.44. The molecule has 2 N–H and O–H groups in total. The molecule has 2 aliphatic rings. The lowest BCUT2D eigenvalue weighted by Crippen LogP contribution is -2.59. The average Bonchev–Trinajstić information content (AvgIpc) is 2.96. The number of likely N-dealkylation sites (tertiary alicyclic amines) is 1. The molecule has 1 amide bonds. The summed E-state index contributed by atoms with van der Waals surface area (Å²) in [7, 11) is 0. The molecule has 1 aromatic heterocycles. The second-order valence-electron chi connectivity index (χ2n) is 7.28. The van der Waals surface area contributed by atoms with E-state index in [1.165, 1.54) is 0 Å². The Labute approximate surface area is 138 Å². The number of ether oxygens (including phenoxy) is 1. The van der Waals surface area contributed by atoms with Crippen molar-refractivity contribution in [1.82, 2.24) is 14.7 Å². The number of nitrogens with two attached hydrogens (primary N) is 1. The number of rotatable bonds is 4. The number of primary amides is 1. The predicted octanol–water partition coefficient (Wildman–Crippen LogP) is 1.71. The second kappa shape index (κ2) is 6.61. The Kier molecular flexibility index (Phi) is 4.73. The molecule has 3 rings (SSSR count). The van der Waals surface area contributed by atoms with Crippen molar-refractivity contribution in [3.63, 3.8) is 0 Å². The molecule has 0 saturated carbocycles. The van der Waals surface area contributed by atoms with Gasteiger partial charge in [-0.3, -0.25) is 14.4 Å². The SMILES string of the molecule is CC(C)n1cc(CN2CCCC3(CCOCC3)C2C(N)=O)cn1. The van der Waals surface area contributed by atoms with Crippen LogP contribution in [0.3, 0.4) is 0 Å². The van der Waals surface area contributed by atoms with E-state index in [1.807, 2.05) is 10.9 Å². The van der Waals surface area contributed by atoms with E-state index in [4.69, 9.17) is 10.5 Å². The van der Waals surface area contributed by atoms with Gasteiger partial charge in [-0.15, -0.1) is 0 Å². The van der Waals surface area contributed by atoms with Crippen LogP contribution in [0.15, 0.2) is 12.4 Å². The van der Waals surface area contributed by atoms with Crippen LogP contribution in [0.4, 0.5) is 0 Å². The molecule has 1 aromatic rings. The monoisotopic (exact) mass is 320 g/mol. The molecular formula is C17H28N4O2. The maximum atomic E-state index is 12.3. The Morgan fingerprint density at radius 1 is 1.43 bits per heavy atom. The van der Waals surface area contributed by atoms with Gasteiger partial charge in [0.15, 0.2) is 0 Å². The van der Waals surface area contributed by atoms with Gasteiger partial charge in [-0.2, -0.15) is 5.10 Å². The highest BCUT2D eigenvalue weighted by atomic mass is 16.5. The first kappa shape index (κ1) is 16.5. The van der Waals surface area contributed by atoms with Crippen LogP contribution in [0.5, 0.6) is 0 Å². The third kappa shape index (κ3) is 3.28. The number of nitrogens with zero attached hydrogens (tertiary/aromatic N) is 3. The summed E-state index contributed by atoms with van der Waals surface area (Å²) in [5, 5.41) is 4.41. The fraction of sp³-hybridized carbons (Fsp3) is 0.765. The summed E-state index contributed by atoms with van der Waals surface area (Å²) in [5.41, 5.74) is 6.97. The van der Waals surface area contributed by atoms with E-state index < -0.39 is 0 Å². The van der Waals surface area contributed by atoms with Gasteiger partial charge in [0.1, 0.15) is 0 Å². The third-order valence-corrected chi connectivity index (χ3v) is 5.39. The average molecular weight is 320 g/mol. The van der Waals surface area contributed by atoms with Crippen LogP contribution in [0.2, 0.25) is 0 Å². The van der Waals surface area contributed by atoms with E-state index in [0.717, 1.165) is 57.6 Å². The fourth-order valence-corrected chi connectivity index (χ4v) is 4.22. The molecule has 0 bridgehead atoms. The summed E-state index contributed by atoms with van der Waals surface area (Å²) in [6.07, 6.45) is 8.04. The lowest BCUT2D eigenvalue weighted by atomic mass is 9.67. The molecule has 23 heavy (non-hydrogen) atoms. The van der Waals surface area contributed by atoms with Crippen molar-refractivity contribution < 1.29 is 9.53 Å². The van der Waals surface area contributed by atoms with E-state index in [9.17, 15) is 4.79 Å². The number of carbonyl (C=O) groups is 1. The Morgan fingerprint density at radius 2 is 2.17 bits per heavy atom. The summed E-state index contributed by atoms with van der Waals surface area (Å²) in [6.45, 7) is 7.36. The van der Waals surface area contributed by atoms with Gasteiger partial charge in [-0.1, -0.05) is 0 Å². The maximum absolute atomic E-state index is 12.3. The lowest BCUT2D eigenvalue weighted by molar-refractivity contribution is -0.138. The van der Waals surface area contributed by atoms with Crippen LogP contribution in [-0.2, 0) is 16.1 Å². The molecular weight excluding hydrogens is 292 g/mol. The van der Waals surface area contributed by atoms with Gasteiger partial charge < -0.3 is 10.5 Å². The minimum Gasteiger partial charge on any atom is -0.381 e. The zero-order valence-electron chi connectivity index (χ0n) is 14.2. The molecule has 0 aliphatic carbocycles. The molecule has 0 aromatic carbocycles. The largest absolute Gasteiger partial charge is 0.381 e. The van der Waals surface area contributed by atoms with Crippen LogP contribution in [0.25, 0.3) is 0 Å². The van der Waals surface area contributed by atoms with Crippen molar-refractivity contribution in [3.05, 3.63) is 18.0 Å². The number of hydrogen-bond donors (Lipinski definition) is 1. The molecule has 1 unspecified atom stereocenters. The lowest BCUT2D eigenvalue weighted by Gasteiger charge is -2.50. The van der Waals surface area contributed by atoms with Crippen molar-refractivity contribution >= 4 is 5.91 Å². The number of amides is 1. The summed E-state index contributed by atoms with van der Waals surface area (Å²) < 4.78 is 7.49. The number of aromatic nitrogens is 2. The highest BCUT2D eigenvalue weighted by molar-refractivity contribution is 5.81. The molecule has 1 atom stereocenters. The van der Waals surface area contributed by atoms with Gasteiger partial charge in [-0.05, 0) is 51.5 Å². The van der Waals surface area contributed by atoms with Gasteiger partial charge in [0, 0.05) is 37.6 Å². The minimum atomic E-state index is -0.192. The summed E-state index contributed by atoms with van der Waals surface area (Å²) >= 11 is 0. The number of hydrogen-bond acceptors (Lipinski definition) is 4. The Hall–Kier alpha value is -1.40. The summed E-state index contributed by atoms with van der Waals surface area (Å²) in [6, 6.07) is 0.154. The predicted molar refractivity (Wildman–Crippen MR) is 87.7 cm³/mol. The Bertz CT molecular complexity index is 543. The zero-order valence-corrected chi connectivity index (χ0v) is 14.2. The summed E-state index contributed by atoms with van der Waals surface area (Å²) in [4.78, 5) is 14.5. The molecule has 6 heteroatoms. The fourth-order valence-electron chi connectivity index (χ4n) is 4.22. The van der Waals surface area contributed by atoms with Crippen LogP contribution >= 0.6 is 0 Å². The second-order valence-corrected chi connectivity index (χ2v) is 7.28. The number of carbonyl (C=O) groups excluding carboxylic acids is 1. The Balaban J connectivity index is 1.80. The molecule has 1 spiro atoms. The first-order valence-corrected chi connectivity index (χ1v) is 8.66. The van der Waals surface area contributed by atoms with E-state index in [1.54, 1.807) is 0 Å². The molecule has 2 saturated heterocycles. The van der Waals surface area contributed by atoms with Gasteiger partial charge in [0.2, 0.25) is 5.91 Å². The van der Waals surface area contributed by atoms with E-state index >= 15 is 0 Å². The van der Waals surface area contributed by atoms with Crippen LogP contribution in [-0.4, -0.2) is 46.4 Å². The molecule has 128 valence electrons. The third-order valence-electron chi connectivity index (χ3n) is 5.39. The normalized spacial score (nSPS) is 25.1. The first-order chi connectivity index (χ1) is 11.0. The first-order valence-electron chi connectivity index (χ1n) is 8.66. The smallest absolute Gasteiger partial charge is 0.235 e. The van der Waals surface area contributed by atoms with E-state index in [-0.39, 0.29) is 17.4 Å². The van der Waals surface area contributed by atoms with E-state index in [0.29, 0.717) is 6.04 Å². The van der Waals surface area contributed by atoms with Gasteiger partial charge in [-0.25, -0.2) is 0 Å². The Morgan fingerprint density at radius 3 is 2.78 bits per heavy atom. The standard InChI is InChI=1S/C17H28N4O2/c1-13(2)21-12-14(10-19-21)11-20-7-3-4-17(15(20)16(18)22)5-8-23-9-6-17/h10,12-13,15H,3-9,11H2,1-2H3,(H2,18,22). The quantitative estimate of drug-likeness (QED) is 0.916. The van der Waals surface area contributed by atoms with Crippen LogP contribution < -0.4 is 5.73 Å². The highest BCUT2D eigenvalue weighted by Gasteiger charge is 2.48. The van der Waals surface area contributed by atoms with E-state index in [2.05, 4.69) is 30.0 Å². The van der Waals surface area contributed by atoms with Gasteiger partial charge >= 0.3 is 0 Å². The molecule has 3 heterocycles. The van der Waals surface area contributed by atoms with Crippen LogP contribution in [0, 0.1) is 5.41 Å². The minimum absolute atomic E-state index is 0.00360.